The average molecular weight is 295 g/mol. The average Bonchev–Trinajstić information content (AvgIpc) is 2.67. The lowest BCUT2D eigenvalue weighted by molar-refractivity contribution is 0.112. The van der Waals surface area contributed by atoms with Crippen molar-refractivity contribution in [3.63, 3.8) is 0 Å². The van der Waals surface area contributed by atoms with E-state index in [-0.39, 0.29) is 0 Å². The topological polar surface area (TPSA) is 54.2 Å². The zero-order chi connectivity index (χ0) is 14.1. The Bertz CT molecular complexity index is 453. The fraction of sp³-hybridized carbons (Fsp3) is 0.667. The van der Waals surface area contributed by atoms with Gasteiger partial charge in [-0.25, -0.2) is 0 Å². The van der Waals surface area contributed by atoms with E-state index in [1.54, 1.807) is 12.4 Å². The van der Waals surface area contributed by atoms with Gasteiger partial charge in [-0.15, -0.1) is 0 Å². The molecular formula is C15H23ClN4. The molecule has 0 amide bonds. The quantitative estimate of drug-likeness (QED) is 0.659. The summed E-state index contributed by atoms with van der Waals surface area (Å²) in [6.07, 6.45) is 9.55. The Kier molecular flexibility index (Phi) is 4.26. The lowest BCUT2D eigenvalue weighted by atomic mass is 9.83. The zero-order valence-corrected chi connectivity index (χ0v) is 12.7. The number of hydrogen-bond acceptors (Lipinski definition) is 4. The molecule has 5 heteroatoms. The largest absolute Gasteiger partial charge is 0.300 e. The van der Waals surface area contributed by atoms with Crippen LogP contribution in [0.3, 0.4) is 0 Å². The van der Waals surface area contributed by atoms with Crippen molar-refractivity contribution in [2.24, 2.45) is 11.8 Å². The van der Waals surface area contributed by atoms with Crippen LogP contribution in [-0.2, 0) is 6.42 Å². The third-order valence-electron chi connectivity index (χ3n) is 5.21. The van der Waals surface area contributed by atoms with Gasteiger partial charge in [-0.3, -0.25) is 16.3 Å². The highest BCUT2D eigenvalue weighted by atomic mass is 35.5. The molecule has 20 heavy (non-hydrogen) atoms. The van der Waals surface area contributed by atoms with Gasteiger partial charge < -0.3 is 4.90 Å². The van der Waals surface area contributed by atoms with Gasteiger partial charge in [0.2, 0.25) is 0 Å². The van der Waals surface area contributed by atoms with Gasteiger partial charge in [0.25, 0.3) is 0 Å². The van der Waals surface area contributed by atoms with Crippen molar-refractivity contribution >= 4 is 11.6 Å². The highest BCUT2D eigenvalue weighted by Gasteiger charge is 2.40. The van der Waals surface area contributed by atoms with Crippen LogP contribution in [0.5, 0.6) is 0 Å². The Morgan fingerprint density at radius 2 is 2.15 bits per heavy atom. The molecule has 1 aromatic heterocycles. The van der Waals surface area contributed by atoms with Gasteiger partial charge in [-0.1, -0.05) is 11.6 Å². The number of hydrogen-bond donors (Lipinski definition) is 2. The Labute approximate surface area is 125 Å². The molecule has 0 aliphatic carbocycles. The van der Waals surface area contributed by atoms with Crippen molar-refractivity contribution in [2.75, 3.05) is 7.05 Å². The summed E-state index contributed by atoms with van der Waals surface area (Å²) in [4.78, 5) is 6.60. The van der Waals surface area contributed by atoms with E-state index < -0.39 is 0 Å². The number of halogens is 1. The van der Waals surface area contributed by atoms with Crippen LogP contribution >= 0.6 is 11.6 Å². The first kappa shape index (κ1) is 14.3. The number of nitrogens with two attached hydrogens (primary N) is 1. The van der Waals surface area contributed by atoms with Gasteiger partial charge in [0.1, 0.15) is 0 Å². The maximum absolute atomic E-state index is 6.22. The van der Waals surface area contributed by atoms with Crippen molar-refractivity contribution in [2.45, 2.75) is 50.2 Å². The van der Waals surface area contributed by atoms with Crippen LogP contribution in [-0.4, -0.2) is 35.1 Å². The highest BCUT2D eigenvalue weighted by molar-refractivity contribution is 6.31. The van der Waals surface area contributed by atoms with E-state index in [0.717, 1.165) is 29.1 Å². The summed E-state index contributed by atoms with van der Waals surface area (Å²) in [5.74, 6) is 6.46. The third-order valence-corrected chi connectivity index (χ3v) is 5.55. The van der Waals surface area contributed by atoms with Crippen LogP contribution in [0.25, 0.3) is 0 Å². The molecule has 2 saturated heterocycles. The minimum atomic E-state index is 0.298. The maximum Gasteiger partial charge on any atom is 0.0621 e. The summed E-state index contributed by atoms with van der Waals surface area (Å²) in [6, 6.07) is 3.77. The number of aromatic nitrogens is 1. The molecule has 0 spiro atoms. The van der Waals surface area contributed by atoms with Crippen molar-refractivity contribution < 1.29 is 0 Å². The van der Waals surface area contributed by atoms with Gasteiger partial charge in [-0.2, -0.15) is 0 Å². The first-order valence-corrected chi connectivity index (χ1v) is 7.83. The molecule has 2 bridgehead atoms. The van der Waals surface area contributed by atoms with Crippen LogP contribution in [0.1, 0.15) is 31.2 Å². The second-order valence-corrected chi connectivity index (χ2v) is 6.63. The summed E-state index contributed by atoms with van der Waals surface area (Å²) in [5.41, 5.74) is 4.17. The minimum absolute atomic E-state index is 0.298. The van der Waals surface area contributed by atoms with E-state index in [0.29, 0.717) is 12.0 Å². The number of hydrazine groups is 1. The van der Waals surface area contributed by atoms with Crippen LogP contribution in [0.4, 0.5) is 0 Å². The SMILES string of the molecule is CN1C2CCC1CC(C(Cc1ccncc1Cl)NN)C2. The molecule has 0 aromatic carbocycles. The Balaban J connectivity index is 1.70. The van der Waals surface area contributed by atoms with E-state index >= 15 is 0 Å². The fourth-order valence-corrected chi connectivity index (χ4v) is 4.15. The second-order valence-electron chi connectivity index (χ2n) is 6.23. The van der Waals surface area contributed by atoms with Crippen LogP contribution in [0.15, 0.2) is 18.5 Å². The molecule has 3 atom stereocenters. The molecule has 110 valence electrons. The molecule has 3 unspecified atom stereocenters. The predicted molar refractivity (Wildman–Crippen MR) is 81.4 cm³/mol. The number of nitrogens with one attached hydrogen (secondary N) is 1. The van der Waals surface area contributed by atoms with Gasteiger partial charge in [-0.05, 0) is 56.7 Å². The number of rotatable bonds is 4. The molecule has 0 radical (unpaired) electrons. The Morgan fingerprint density at radius 1 is 1.45 bits per heavy atom. The first-order valence-electron chi connectivity index (χ1n) is 7.45. The second kappa shape index (κ2) is 5.98. The maximum atomic E-state index is 6.22. The molecule has 3 rings (SSSR count). The van der Waals surface area contributed by atoms with Gasteiger partial charge in [0, 0.05) is 30.5 Å². The standard InChI is InChI=1S/C15H23ClN4/c1-20-12-2-3-13(20)7-11(6-12)15(19-17)8-10-4-5-18-9-14(10)16/h4-5,9,11-13,15,19H,2-3,6-8,17H2,1H3. The van der Waals surface area contributed by atoms with Crippen molar-refractivity contribution in [3.05, 3.63) is 29.0 Å². The number of nitrogens with zero attached hydrogens (tertiary/aromatic N) is 2. The number of piperidine rings is 1. The molecule has 3 N–H and O–H groups in total. The normalized spacial score (nSPS) is 31.4. The van der Waals surface area contributed by atoms with Crippen LogP contribution in [0, 0.1) is 5.92 Å². The molecular weight excluding hydrogens is 272 g/mol. The number of fused-ring (bicyclic) bond motifs is 2. The first-order chi connectivity index (χ1) is 9.69. The third kappa shape index (κ3) is 2.70. The van der Waals surface area contributed by atoms with Crippen LogP contribution in [0.2, 0.25) is 5.02 Å². The number of pyridine rings is 1. The lowest BCUT2D eigenvalue weighted by Crippen LogP contribution is -2.49. The van der Waals surface area contributed by atoms with Crippen molar-refractivity contribution in [3.8, 4) is 0 Å². The Morgan fingerprint density at radius 3 is 2.75 bits per heavy atom. The predicted octanol–water partition coefficient (Wildman–Crippen LogP) is 1.98. The zero-order valence-electron chi connectivity index (χ0n) is 11.9. The van der Waals surface area contributed by atoms with E-state index in [9.17, 15) is 0 Å². The molecule has 3 heterocycles. The molecule has 2 fully saturated rings. The molecule has 0 saturated carbocycles. The van der Waals surface area contributed by atoms with Gasteiger partial charge >= 0.3 is 0 Å². The monoisotopic (exact) mass is 294 g/mol. The van der Waals surface area contributed by atoms with E-state index in [4.69, 9.17) is 17.4 Å². The molecule has 4 nitrogen and oxygen atoms in total. The van der Waals surface area contributed by atoms with E-state index in [2.05, 4.69) is 22.4 Å². The Hall–Kier alpha value is -0.680. The van der Waals surface area contributed by atoms with Crippen molar-refractivity contribution in [1.29, 1.82) is 0 Å². The van der Waals surface area contributed by atoms with Gasteiger partial charge in [0.05, 0.1) is 5.02 Å². The lowest BCUT2D eigenvalue weighted by Gasteiger charge is -2.39. The fourth-order valence-electron chi connectivity index (χ4n) is 3.95. The van der Waals surface area contributed by atoms with Crippen molar-refractivity contribution in [1.82, 2.24) is 15.3 Å². The van der Waals surface area contributed by atoms with Gasteiger partial charge in [0.15, 0.2) is 0 Å². The molecule has 2 aliphatic heterocycles. The summed E-state index contributed by atoms with van der Waals surface area (Å²) >= 11 is 6.22. The molecule has 2 aliphatic rings. The summed E-state index contributed by atoms with van der Waals surface area (Å²) < 4.78 is 0. The highest BCUT2D eigenvalue weighted by Crippen LogP contribution is 2.39. The summed E-state index contributed by atoms with van der Waals surface area (Å²) in [7, 11) is 2.27. The smallest absolute Gasteiger partial charge is 0.0621 e. The van der Waals surface area contributed by atoms with E-state index in [1.165, 1.54) is 25.7 Å². The van der Waals surface area contributed by atoms with Crippen LogP contribution < -0.4 is 11.3 Å². The minimum Gasteiger partial charge on any atom is -0.300 e. The summed E-state index contributed by atoms with van der Waals surface area (Å²) in [6.45, 7) is 0. The molecule has 1 aromatic rings. The summed E-state index contributed by atoms with van der Waals surface area (Å²) in [5, 5.41) is 0.739. The van der Waals surface area contributed by atoms with E-state index in [1.807, 2.05) is 6.07 Å².